The standard InChI is InChI=1S/C12H23N5O2/c1-6-11(2,3)7-12(4,5)14-10(15-18)8-9(13)17-19-16-8/h18H,6-7H2,1-5H3,(H2,13,17)(H,14,15). The van der Waals surface area contributed by atoms with Crippen LogP contribution in [0, 0.1) is 5.41 Å². The van der Waals surface area contributed by atoms with Gasteiger partial charge in [0.1, 0.15) is 0 Å². The Kier molecular flexibility index (Phi) is 4.52. The van der Waals surface area contributed by atoms with E-state index in [2.05, 4.69) is 40.7 Å². The van der Waals surface area contributed by atoms with Crippen LogP contribution in [0.3, 0.4) is 0 Å². The maximum absolute atomic E-state index is 9.20. The molecule has 19 heavy (non-hydrogen) atoms. The van der Waals surface area contributed by atoms with E-state index in [0.29, 0.717) is 0 Å². The van der Waals surface area contributed by atoms with Crippen LogP contribution in [0.5, 0.6) is 0 Å². The summed E-state index contributed by atoms with van der Waals surface area (Å²) in [6, 6.07) is 0. The molecule has 0 unspecified atom stereocenters. The zero-order chi connectivity index (χ0) is 14.7. The first kappa shape index (κ1) is 15.4. The topological polar surface area (TPSA) is 110 Å². The number of hydrogen-bond donors (Lipinski definition) is 3. The highest BCUT2D eigenvalue weighted by Gasteiger charge is 2.28. The Hall–Kier alpha value is -1.63. The highest BCUT2D eigenvalue weighted by Crippen LogP contribution is 2.33. The van der Waals surface area contributed by atoms with Gasteiger partial charge in [-0.05, 0) is 36.0 Å². The Bertz CT molecular complexity index is 451. The lowest BCUT2D eigenvalue weighted by Gasteiger charge is -2.31. The van der Waals surface area contributed by atoms with Gasteiger partial charge in [0.05, 0.1) is 5.54 Å². The summed E-state index contributed by atoms with van der Waals surface area (Å²) < 4.78 is 4.51. The lowest BCUT2D eigenvalue weighted by Crippen LogP contribution is -2.32. The Balaban J connectivity index is 3.00. The molecule has 0 aliphatic heterocycles. The van der Waals surface area contributed by atoms with Crippen LogP contribution in [-0.2, 0) is 0 Å². The van der Waals surface area contributed by atoms with Gasteiger partial charge < -0.3 is 5.73 Å². The molecule has 0 aliphatic carbocycles. The molecule has 1 aromatic rings. The van der Waals surface area contributed by atoms with E-state index in [4.69, 9.17) is 5.73 Å². The van der Waals surface area contributed by atoms with Crippen LogP contribution in [0.25, 0.3) is 0 Å². The normalized spacial score (nSPS) is 13.7. The zero-order valence-corrected chi connectivity index (χ0v) is 12.2. The third-order valence-corrected chi connectivity index (χ3v) is 3.13. The number of nitrogen functional groups attached to an aromatic ring is 1. The molecule has 1 rings (SSSR count). The number of anilines is 1. The fourth-order valence-electron chi connectivity index (χ4n) is 2.13. The van der Waals surface area contributed by atoms with Crippen molar-refractivity contribution in [3.63, 3.8) is 0 Å². The number of nitrogens with one attached hydrogen (secondary N) is 1. The number of aromatic nitrogens is 2. The van der Waals surface area contributed by atoms with Crippen LogP contribution in [-0.4, -0.2) is 26.9 Å². The van der Waals surface area contributed by atoms with Crippen molar-refractivity contribution in [1.29, 1.82) is 0 Å². The minimum atomic E-state index is -0.379. The van der Waals surface area contributed by atoms with Gasteiger partial charge >= 0.3 is 0 Å². The molecule has 0 aliphatic rings. The molecule has 1 heterocycles. The predicted octanol–water partition coefficient (Wildman–Crippen LogP) is 1.98. The second-order valence-electron chi connectivity index (χ2n) is 6.08. The van der Waals surface area contributed by atoms with Crippen LogP contribution >= 0.6 is 0 Å². The average molecular weight is 269 g/mol. The lowest BCUT2D eigenvalue weighted by molar-refractivity contribution is 0.225. The summed E-state index contributed by atoms with van der Waals surface area (Å²) in [5, 5.41) is 16.3. The van der Waals surface area contributed by atoms with E-state index < -0.39 is 0 Å². The quantitative estimate of drug-likeness (QED) is 0.428. The molecule has 0 fully saturated rings. The van der Waals surface area contributed by atoms with Crippen molar-refractivity contribution in [2.24, 2.45) is 10.4 Å². The molecular formula is C12H23N5O2. The molecule has 1 aromatic heterocycles. The number of rotatable bonds is 5. The largest absolute Gasteiger partial charge is 0.379 e. The van der Waals surface area contributed by atoms with Gasteiger partial charge in [-0.1, -0.05) is 27.2 Å². The number of hydroxylamine groups is 1. The first-order valence-corrected chi connectivity index (χ1v) is 6.29. The summed E-state index contributed by atoms with van der Waals surface area (Å²) in [5.41, 5.74) is 7.59. The number of amidine groups is 1. The minimum Gasteiger partial charge on any atom is -0.379 e. The highest BCUT2D eigenvalue weighted by molar-refractivity contribution is 5.99. The Morgan fingerprint density at radius 2 is 2.00 bits per heavy atom. The Labute approximate surface area is 113 Å². The summed E-state index contributed by atoms with van der Waals surface area (Å²) >= 11 is 0. The van der Waals surface area contributed by atoms with Crippen molar-refractivity contribution in [2.75, 3.05) is 5.73 Å². The van der Waals surface area contributed by atoms with E-state index in [1.165, 1.54) is 0 Å². The SMILES string of the molecule is CCC(C)(C)CC(C)(C)N=C(NO)c1nonc1N. The number of nitrogens with zero attached hydrogens (tertiary/aromatic N) is 3. The molecule has 0 spiro atoms. The van der Waals surface area contributed by atoms with Crippen molar-refractivity contribution >= 4 is 11.7 Å². The summed E-state index contributed by atoms with van der Waals surface area (Å²) in [6.45, 7) is 10.5. The van der Waals surface area contributed by atoms with E-state index in [9.17, 15) is 5.21 Å². The van der Waals surface area contributed by atoms with Gasteiger partial charge in [-0.2, -0.15) is 0 Å². The Morgan fingerprint density at radius 1 is 1.37 bits per heavy atom. The van der Waals surface area contributed by atoms with Gasteiger partial charge in [0.15, 0.2) is 17.3 Å². The van der Waals surface area contributed by atoms with Gasteiger partial charge in [0.2, 0.25) is 0 Å². The van der Waals surface area contributed by atoms with Crippen LogP contribution in [0.4, 0.5) is 5.82 Å². The fraction of sp³-hybridized carbons (Fsp3) is 0.750. The minimum absolute atomic E-state index is 0.0888. The molecule has 0 aromatic carbocycles. The maximum Gasteiger partial charge on any atom is 0.199 e. The first-order chi connectivity index (χ1) is 8.71. The number of aliphatic imine (C=N–C) groups is 1. The molecular weight excluding hydrogens is 246 g/mol. The smallest absolute Gasteiger partial charge is 0.199 e. The maximum atomic E-state index is 9.20. The molecule has 0 bridgehead atoms. The van der Waals surface area contributed by atoms with Crippen molar-refractivity contribution in [3.8, 4) is 0 Å². The molecule has 0 atom stereocenters. The molecule has 7 nitrogen and oxygen atoms in total. The van der Waals surface area contributed by atoms with Crippen LogP contribution in [0.1, 0.15) is 53.2 Å². The lowest BCUT2D eigenvalue weighted by atomic mass is 9.78. The first-order valence-electron chi connectivity index (χ1n) is 6.29. The second-order valence-corrected chi connectivity index (χ2v) is 6.08. The third-order valence-electron chi connectivity index (χ3n) is 3.13. The van der Waals surface area contributed by atoms with E-state index >= 15 is 0 Å². The monoisotopic (exact) mass is 269 g/mol. The van der Waals surface area contributed by atoms with Gasteiger partial charge in [-0.3, -0.25) is 15.7 Å². The summed E-state index contributed by atoms with van der Waals surface area (Å²) in [7, 11) is 0. The van der Waals surface area contributed by atoms with Crippen LogP contribution in [0.2, 0.25) is 0 Å². The number of nitrogens with two attached hydrogens (primary N) is 1. The van der Waals surface area contributed by atoms with Gasteiger partial charge in [-0.15, -0.1) is 0 Å². The fourth-order valence-corrected chi connectivity index (χ4v) is 2.13. The van der Waals surface area contributed by atoms with Gasteiger partial charge in [0, 0.05) is 0 Å². The van der Waals surface area contributed by atoms with Crippen molar-refractivity contribution in [2.45, 2.75) is 53.0 Å². The van der Waals surface area contributed by atoms with E-state index in [1.54, 1.807) is 0 Å². The van der Waals surface area contributed by atoms with Crippen molar-refractivity contribution in [1.82, 2.24) is 15.8 Å². The average Bonchev–Trinajstić information content (AvgIpc) is 2.71. The van der Waals surface area contributed by atoms with Gasteiger partial charge in [-0.25, -0.2) is 4.63 Å². The molecule has 4 N–H and O–H groups in total. The van der Waals surface area contributed by atoms with Crippen molar-refractivity contribution < 1.29 is 9.84 Å². The zero-order valence-electron chi connectivity index (χ0n) is 12.2. The summed E-state index contributed by atoms with van der Waals surface area (Å²) in [6.07, 6.45) is 1.90. The van der Waals surface area contributed by atoms with E-state index in [0.717, 1.165) is 12.8 Å². The Morgan fingerprint density at radius 3 is 2.42 bits per heavy atom. The van der Waals surface area contributed by atoms with Crippen LogP contribution < -0.4 is 11.2 Å². The molecule has 108 valence electrons. The number of hydrogen-bond acceptors (Lipinski definition) is 6. The van der Waals surface area contributed by atoms with E-state index in [-0.39, 0.29) is 28.3 Å². The molecule has 0 saturated carbocycles. The van der Waals surface area contributed by atoms with Crippen LogP contribution in [0.15, 0.2) is 9.62 Å². The highest BCUT2D eigenvalue weighted by atomic mass is 16.6. The summed E-state index contributed by atoms with van der Waals surface area (Å²) in [5.74, 6) is 0.251. The molecule has 0 amide bonds. The van der Waals surface area contributed by atoms with Gasteiger partial charge in [0.25, 0.3) is 0 Å². The van der Waals surface area contributed by atoms with Crippen molar-refractivity contribution in [3.05, 3.63) is 5.69 Å². The van der Waals surface area contributed by atoms with E-state index in [1.807, 2.05) is 19.3 Å². The predicted molar refractivity (Wildman–Crippen MR) is 72.9 cm³/mol. The molecule has 0 saturated heterocycles. The second kappa shape index (κ2) is 5.56. The summed E-state index contributed by atoms with van der Waals surface area (Å²) in [4.78, 5) is 4.48. The molecule has 0 radical (unpaired) electrons. The molecule has 7 heteroatoms. The third kappa shape index (κ3) is 4.20.